The third-order valence-electron chi connectivity index (χ3n) is 2.70. The minimum Gasteiger partial charge on any atom is -0.391 e. The minimum absolute atomic E-state index is 0.211. The molecule has 104 valence electrons. The van der Waals surface area contributed by atoms with Gasteiger partial charge in [-0.1, -0.05) is 6.07 Å². The average molecular weight is 317 g/mol. The van der Waals surface area contributed by atoms with Crippen LogP contribution in [0.2, 0.25) is 0 Å². The number of rotatable bonds is 5. The summed E-state index contributed by atoms with van der Waals surface area (Å²) in [6.45, 7) is 3.28. The van der Waals surface area contributed by atoms with Crippen LogP contribution in [-0.4, -0.2) is 13.5 Å². The van der Waals surface area contributed by atoms with E-state index >= 15 is 0 Å². The molecule has 0 aliphatic carbocycles. The van der Waals surface area contributed by atoms with Crippen LogP contribution in [0, 0.1) is 6.92 Å². The van der Waals surface area contributed by atoms with Crippen molar-refractivity contribution >= 4 is 32.7 Å². The van der Waals surface area contributed by atoms with Crippen LogP contribution in [0.3, 0.4) is 0 Å². The molecule has 1 unspecified atom stereocenters. The predicted octanol–water partition coefficient (Wildman–Crippen LogP) is 2.65. The average Bonchev–Trinajstić information content (AvgIpc) is 2.96. The van der Waals surface area contributed by atoms with Crippen molar-refractivity contribution in [2.75, 3.05) is 0 Å². The third-order valence-corrected chi connectivity index (χ3v) is 6.75. The number of aliphatic hydroxyl groups excluding tert-OH is 1. The second kappa shape index (κ2) is 5.72. The normalized spacial score (nSPS) is 13.6. The van der Waals surface area contributed by atoms with Crippen LogP contribution in [0.4, 0.5) is 0 Å². The van der Waals surface area contributed by atoms with E-state index in [1.165, 1.54) is 22.7 Å². The lowest BCUT2D eigenvalue weighted by molar-refractivity contribution is 0.282. The lowest BCUT2D eigenvalue weighted by Crippen LogP contribution is -2.27. The highest BCUT2D eigenvalue weighted by molar-refractivity contribution is 7.89. The molecule has 2 rings (SSSR count). The maximum Gasteiger partial charge on any atom is 0.242 e. The Bertz CT molecular complexity index is 644. The van der Waals surface area contributed by atoms with Crippen LogP contribution >= 0.6 is 22.7 Å². The zero-order valence-electron chi connectivity index (χ0n) is 10.6. The highest BCUT2D eigenvalue weighted by atomic mass is 32.2. The van der Waals surface area contributed by atoms with Gasteiger partial charge in [0.15, 0.2) is 0 Å². The van der Waals surface area contributed by atoms with Gasteiger partial charge in [0, 0.05) is 4.88 Å². The summed E-state index contributed by atoms with van der Waals surface area (Å²) in [6, 6.07) is 3.50. The monoisotopic (exact) mass is 317 g/mol. The second-order valence-electron chi connectivity index (χ2n) is 4.19. The van der Waals surface area contributed by atoms with E-state index in [1.54, 1.807) is 12.3 Å². The zero-order valence-corrected chi connectivity index (χ0v) is 13.0. The first-order chi connectivity index (χ1) is 8.95. The SMILES string of the molecule is Cc1csc(CO)c1S(=O)(=O)NC(C)c1cccs1. The molecule has 2 N–H and O–H groups in total. The number of hydrogen-bond donors (Lipinski definition) is 2. The Balaban J connectivity index is 2.30. The zero-order chi connectivity index (χ0) is 14.0. The molecule has 2 heterocycles. The molecule has 0 aromatic carbocycles. The topological polar surface area (TPSA) is 66.4 Å². The van der Waals surface area contributed by atoms with E-state index < -0.39 is 10.0 Å². The molecule has 0 radical (unpaired) electrons. The van der Waals surface area contributed by atoms with Crippen molar-refractivity contribution in [3.8, 4) is 0 Å². The number of hydrogen-bond acceptors (Lipinski definition) is 5. The first kappa shape index (κ1) is 14.7. The Labute approximate surface area is 120 Å². The summed E-state index contributed by atoms with van der Waals surface area (Å²) in [5.41, 5.74) is 0.667. The van der Waals surface area contributed by atoms with Gasteiger partial charge in [-0.15, -0.1) is 22.7 Å². The molecule has 0 aliphatic rings. The van der Waals surface area contributed by atoms with Gasteiger partial charge in [0.05, 0.1) is 17.5 Å². The molecule has 0 saturated heterocycles. The van der Waals surface area contributed by atoms with E-state index in [2.05, 4.69) is 4.72 Å². The number of nitrogens with one attached hydrogen (secondary N) is 1. The standard InChI is InChI=1S/C12H15NO3S3/c1-8-7-18-11(6-14)12(8)19(15,16)13-9(2)10-4-3-5-17-10/h3-5,7,9,13-14H,6H2,1-2H3. The van der Waals surface area contributed by atoms with Crippen molar-refractivity contribution in [3.05, 3.63) is 38.2 Å². The number of sulfonamides is 1. The molecular formula is C12H15NO3S3. The van der Waals surface area contributed by atoms with Crippen LogP contribution in [-0.2, 0) is 16.6 Å². The molecule has 0 amide bonds. The molecule has 7 heteroatoms. The number of aryl methyl sites for hydroxylation is 1. The fourth-order valence-corrected chi connectivity index (χ4v) is 5.54. The summed E-state index contributed by atoms with van der Waals surface area (Å²) in [5.74, 6) is 0. The Morgan fingerprint density at radius 1 is 1.42 bits per heavy atom. The van der Waals surface area contributed by atoms with E-state index in [0.717, 1.165) is 4.88 Å². The van der Waals surface area contributed by atoms with Crippen LogP contribution in [0.15, 0.2) is 27.8 Å². The lowest BCUT2D eigenvalue weighted by atomic mass is 10.3. The Morgan fingerprint density at radius 3 is 2.74 bits per heavy atom. The van der Waals surface area contributed by atoms with Crippen molar-refractivity contribution in [3.63, 3.8) is 0 Å². The van der Waals surface area contributed by atoms with Gasteiger partial charge in [0.2, 0.25) is 10.0 Å². The van der Waals surface area contributed by atoms with Gasteiger partial charge < -0.3 is 5.11 Å². The van der Waals surface area contributed by atoms with Crippen molar-refractivity contribution in [1.29, 1.82) is 0 Å². The molecule has 19 heavy (non-hydrogen) atoms. The maximum absolute atomic E-state index is 12.4. The summed E-state index contributed by atoms with van der Waals surface area (Å²) >= 11 is 2.77. The quantitative estimate of drug-likeness (QED) is 0.891. The third kappa shape index (κ3) is 3.06. The molecular weight excluding hydrogens is 302 g/mol. The fraction of sp³-hybridized carbons (Fsp3) is 0.333. The Hall–Kier alpha value is -0.730. The van der Waals surface area contributed by atoms with E-state index in [1.807, 2.05) is 24.4 Å². The Kier molecular flexibility index (Phi) is 4.42. The molecule has 2 aromatic heterocycles. The largest absolute Gasteiger partial charge is 0.391 e. The molecule has 0 fully saturated rings. The van der Waals surface area contributed by atoms with E-state index in [-0.39, 0.29) is 17.5 Å². The molecule has 2 aromatic rings. The van der Waals surface area contributed by atoms with E-state index in [4.69, 9.17) is 0 Å². The summed E-state index contributed by atoms with van der Waals surface area (Å²) in [6.07, 6.45) is 0. The first-order valence-electron chi connectivity index (χ1n) is 5.69. The molecule has 0 spiro atoms. The van der Waals surface area contributed by atoms with Gasteiger partial charge in [-0.2, -0.15) is 0 Å². The van der Waals surface area contributed by atoms with Gasteiger partial charge in [-0.3, -0.25) is 0 Å². The summed E-state index contributed by atoms with van der Waals surface area (Å²) in [4.78, 5) is 1.65. The minimum atomic E-state index is -3.61. The molecule has 4 nitrogen and oxygen atoms in total. The lowest BCUT2D eigenvalue weighted by Gasteiger charge is -2.13. The number of aliphatic hydroxyl groups is 1. The van der Waals surface area contributed by atoms with Crippen molar-refractivity contribution in [2.45, 2.75) is 31.4 Å². The van der Waals surface area contributed by atoms with Gasteiger partial charge in [0.1, 0.15) is 4.90 Å². The Morgan fingerprint density at radius 2 is 2.16 bits per heavy atom. The van der Waals surface area contributed by atoms with Crippen molar-refractivity contribution in [1.82, 2.24) is 4.72 Å². The first-order valence-corrected chi connectivity index (χ1v) is 8.93. The summed E-state index contributed by atoms with van der Waals surface area (Å²) in [7, 11) is -3.61. The molecule has 0 aliphatic heterocycles. The van der Waals surface area contributed by atoms with Crippen LogP contribution < -0.4 is 4.72 Å². The predicted molar refractivity (Wildman–Crippen MR) is 78.0 cm³/mol. The highest BCUT2D eigenvalue weighted by Gasteiger charge is 2.25. The molecule has 1 atom stereocenters. The molecule has 0 saturated carbocycles. The van der Waals surface area contributed by atoms with Gasteiger partial charge in [0.25, 0.3) is 0 Å². The maximum atomic E-state index is 12.4. The van der Waals surface area contributed by atoms with E-state index in [9.17, 15) is 13.5 Å². The van der Waals surface area contributed by atoms with Crippen LogP contribution in [0.5, 0.6) is 0 Å². The van der Waals surface area contributed by atoms with Crippen LogP contribution in [0.1, 0.15) is 28.3 Å². The van der Waals surface area contributed by atoms with Crippen LogP contribution in [0.25, 0.3) is 0 Å². The van der Waals surface area contributed by atoms with Gasteiger partial charge in [-0.05, 0) is 36.2 Å². The van der Waals surface area contributed by atoms with Crippen molar-refractivity contribution in [2.24, 2.45) is 0 Å². The summed E-state index contributed by atoms with van der Waals surface area (Å²) in [5, 5.41) is 12.9. The second-order valence-corrected chi connectivity index (χ2v) is 7.78. The molecule has 0 bridgehead atoms. The van der Waals surface area contributed by atoms with Gasteiger partial charge in [-0.25, -0.2) is 13.1 Å². The fourth-order valence-electron chi connectivity index (χ4n) is 1.84. The van der Waals surface area contributed by atoms with Gasteiger partial charge >= 0.3 is 0 Å². The van der Waals surface area contributed by atoms with E-state index in [0.29, 0.717) is 10.4 Å². The number of thiophene rings is 2. The van der Waals surface area contributed by atoms with Crippen molar-refractivity contribution < 1.29 is 13.5 Å². The highest BCUT2D eigenvalue weighted by Crippen LogP contribution is 2.28. The smallest absolute Gasteiger partial charge is 0.242 e. The summed E-state index contributed by atoms with van der Waals surface area (Å²) < 4.78 is 27.4.